The predicted molar refractivity (Wildman–Crippen MR) is 68.7 cm³/mol. The van der Waals surface area contributed by atoms with Gasteiger partial charge in [0.05, 0.1) is 17.2 Å². The molecule has 0 saturated carbocycles. The van der Waals surface area contributed by atoms with Gasteiger partial charge in [-0.25, -0.2) is 8.42 Å². The van der Waals surface area contributed by atoms with E-state index in [-0.39, 0.29) is 11.5 Å². The average molecular weight is 280 g/mol. The summed E-state index contributed by atoms with van der Waals surface area (Å²) >= 11 is 6.00. The van der Waals surface area contributed by atoms with Crippen LogP contribution in [0.15, 0.2) is 0 Å². The molecule has 0 aromatic carbocycles. The Labute approximate surface area is 107 Å². The standard InChI is InChI=1S/C10H18ClN3O2S/c1-7-8(9(11)14(4)13-7)5-17(15,16)6-10(2,3)12/h5-6,12H2,1-4H3. The van der Waals surface area contributed by atoms with Gasteiger partial charge in [-0.3, -0.25) is 4.68 Å². The summed E-state index contributed by atoms with van der Waals surface area (Å²) in [6.07, 6.45) is 0. The number of halogens is 1. The maximum absolute atomic E-state index is 12.0. The van der Waals surface area contributed by atoms with Gasteiger partial charge in [0.15, 0.2) is 9.84 Å². The number of sulfone groups is 1. The molecule has 0 fully saturated rings. The van der Waals surface area contributed by atoms with Crippen LogP contribution in [0.5, 0.6) is 0 Å². The van der Waals surface area contributed by atoms with Gasteiger partial charge in [0, 0.05) is 18.2 Å². The van der Waals surface area contributed by atoms with Gasteiger partial charge >= 0.3 is 0 Å². The molecule has 5 nitrogen and oxygen atoms in total. The Kier molecular flexibility index (Phi) is 3.91. The van der Waals surface area contributed by atoms with Crippen molar-refractivity contribution in [3.05, 3.63) is 16.4 Å². The Morgan fingerprint density at radius 3 is 2.35 bits per heavy atom. The molecule has 17 heavy (non-hydrogen) atoms. The van der Waals surface area contributed by atoms with Crippen molar-refractivity contribution in [1.82, 2.24) is 9.78 Å². The molecule has 0 aliphatic rings. The number of rotatable bonds is 4. The zero-order valence-corrected chi connectivity index (χ0v) is 12.1. The molecule has 0 amide bonds. The highest BCUT2D eigenvalue weighted by atomic mass is 35.5. The summed E-state index contributed by atoms with van der Waals surface area (Å²) in [6, 6.07) is 0. The van der Waals surface area contributed by atoms with Gasteiger partial charge in [0.1, 0.15) is 5.15 Å². The summed E-state index contributed by atoms with van der Waals surface area (Å²) in [7, 11) is -1.61. The zero-order chi connectivity index (χ0) is 13.4. The Morgan fingerprint density at radius 1 is 1.47 bits per heavy atom. The number of hydrogen-bond acceptors (Lipinski definition) is 4. The second kappa shape index (κ2) is 4.59. The van der Waals surface area contributed by atoms with Crippen LogP contribution in [0.3, 0.4) is 0 Å². The zero-order valence-electron chi connectivity index (χ0n) is 10.5. The van der Waals surface area contributed by atoms with Gasteiger partial charge in [-0.15, -0.1) is 0 Å². The maximum atomic E-state index is 12.0. The fourth-order valence-corrected chi connectivity index (χ4v) is 4.02. The van der Waals surface area contributed by atoms with E-state index in [0.29, 0.717) is 16.4 Å². The lowest BCUT2D eigenvalue weighted by molar-refractivity contribution is 0.544. The molecule has 0 radical (unpaired) electrons. The van der Waals surface area contributed by atoms with E-state index in [9.17, 15) is 8.42 Å². The van der Waals surface area contributed by atoms with E-state index in [2.05, 4.69) is 5.10 Å². The number of aromatic nitrogens is 2. The summed E-state index contributed by atoms with van der Waals surface area (Å²) in [5.74, 6) is -0.198. The van der Waals surface area contributed by atoms with E-state index >= 15 is 0 Å². The highest BCUT2D eigenvalue weighted by molar-refractivity contribution is 7.90. The molecule has 0 atom stereocenters. The lowest BCUT2D eigenvalue weighted by atomic mass is 10.1. The summed E-state index contributed by atoms with van der Waals surface area (Å²) in [4.78, 5) is 0. The molecular formula is C10H18ClN3O2S. The highest BCUT2D eigenvalue weighted by Gasteiger charge is 2.25. The second-order valence-electron chi connectivity index (χ2n) is 5.00. The van der Waals surface area contributed by atoms with Gasteiger partial charge in [-0.05, 0) is 20.8 Å². The smallest absolute Gasteiger partial charge is 0.156 e. The Bertz CT molecular complexity index is 514. The van der Waals surface area contributed by atoms with E-state index < -0.39 is 15.4 Å². The van der Waals surface area contributed by atoms with Gasteiger partial charge in [0.25, 0.3) is 0 Å². The number of nitrogens with zero attached hydrogens (tertiary/aromatic N) is 2. The molecule has 0 aliphatic heterocycles. The van der Waals surface area contributed by atoms with E-state index in [1.807, 2.05) is 0 Å². The first kappa shape index (κ1) is 14.5. The molecule has 1 heterocycles. The van der Waals surface area contributed by atoms with E-state index in [4.69, 9.17) is 17.3 Å². The van der Waals surface area contributed by atoms with Crippen molar-refractivity contribution in [2.24, 2.45) is 12.8 Å². The van der Waals surface area contributed by atoms with Crippen molar-refractivity contribution < 1.29 is 8.42 Å². The molecule has 1 rings (SSSR count). The third-order valence-electron chi connectivity index (χ3n) is 2.23. The third-order valence-corrected chi connectivity index (χ3v) is 4.61. The molecule has 1 aromatic heterocycles. The van der Waals surface area contributed by atoms with E-state index in [0.717, 1.165) is 0 Å². The largest absolute Gasteiger partial charge is 0.325 e. The molecule has 98 valence electrons. The van der Waals surface area contributed by atoms with Crippen LogP contribution in [0.2, 0.25) is 5.15 Å². The van der Waals surface area contributed by atoms with Crippen LogP contribution >= 0.6 is 11.6 Å². The summed E-state index contributed by atoms with van der Waals surface area (Å²) < 4.78 is 25.4. The lowest BCUT2D eigenvalue weighted by Crippen LogP contribution is -2.40. The molecule has 0 bridgehead atoms. The first-order valence-electron chi connectivity index (χ1n) is 5.19. The van der Waals surface area contributed by atoms with Crippen molar-refractivity contribution in [2.45, 2.75) is 32.1 Å². The molecule has 0 saturated heterocycles. The lowest BCUT2D eigenvalue weighted by Gasteiger charge is -2.18. The Balaban J connectivity index is 2.99. The second-order valence-corrected chi connectivity index (χ2v) is 7.42. The monoisotopic (exact) mass is 279 g/mol. The SMILES string of the molecule is Cc1nn(C)c(Cl)c1CS(=O)(=O)CC(C)(C)N. The first-order chi connectivity index (χ1) is 7.52. The van der Waals surface area contributed by atoms with Crippen LogP contribution < -0.4 is 5.73 Å². The molecule has 0 spiro atoms. The number of hydrogen-bond donors (Lipinski definition) is 1. The molecule has 7 heteroatoms. The third kappa shape index (κ3) is 3.97. The minimum atomic E-state index is -3.29. The Hall–Kier alpha value is -0.590. The summed E-state index contributed by atoms with van der Waals surface area (Å²) in [5, 5.41) is 4.44. The molecule has 2 N–H and O–H groups in total. The molecule has 0 aliphatic carbocycles. The topological polar surface area (TPSA) is 78.0 Å². The van der Waals surface area contributed by atoms with Crippen molar-refractivity contribution in [3.63, 3.8) is 0 Å². The fourth-order valence-electron chi connectivity index (χ4n) is 1.68. The van der Waals surface area contributed by atoms with Gasteiger partial charge in [-0.2, -0.15) is 5.10 Å². The van der Waals surface area contributed by atoms with Crippen LogP contribution in [-0.4, -0.2) is 29.5 Å². The van der Waals surface area contributed by atoms with Crippen LogP contribution in [0.1, 0.15) is 25.1 Å². The van der Waals surface area contributed by atoms with Crippen molar-refractivity contribution in [3.8, 4) is 0 Å². The van der Waals surface area contributed by atoms with Crippen molar-refractivity contribution in [2.75, 3.05) is 5.75 Å². The van der Waals surface area contributed by atoms with Crippen LogP contribution in [-0.2, 0) is 22.6 Å². The van der Waals surface area contributed by atoms with Gasteiger partial charge in [0.2, 0.25) is 0 Å². The molecule has 1 aromatic rings. The average Bonchev–Trinajstić information content (AvgIpc) is 2.27. The normalized spacial score (nSPS) is 13.1. The predicted octanol–water partition coefficient (Wildman–Crippen LogP) is 1.03. The molecular weight excluding hydrogens is 262 g/mol. The number of aryl methyl sites for hydroxylation is 2. The first-order valence-corrected chi connectivity index (χ1v) is 7.39. The van der Waals surface area contributed by atoms with Crippen LogP contribution in [0.25, 0.3) is 0 Å². The summed E-state index contributed by atoms with van der Waals surface area (Å²) in [6.45, 7) is 5.11. The minimum absolute atomic E-state index is 0.0787. The van der Waals surface area contributed by atoms with Gasteiger partial charge < -0.3 is 5.73 Å². The Morgan fingerprint density at radius 2 is 2.00 bits per heavy atom. The van der Waals surface area contributed by atoms with Crippen molar-refractivity contribution >= 4 is 21.4 Å². The maximum Gasteiger partial charge on any atom is 0.156 e. The molecule has 0 unspecified atom stereocenters. The fraction of sp³-hybridized carbons (Fsp3) is 0.700. The van der Waals surface area contributed by atoms with Crippen LogP contribution in [0, 0.1) is 6.92 Å². The van der Waals surface area contributed by atoms with Crippen molar-refractivity contribution in [1.29, 1.82) is 0 Å². The van der Waals surface area contributed by atoms with Gasteiger partial charge in [-0.1, -0.05) is 11.6 Å². The van der Waals surface area contributed by atoms with E-state index in [1.54, 1.807) is 27.8 Å². The quantitative estimate of drug-likeness (QED) is 0.893. The van der Waals surface area contributed by atoms with Crippen LogP contribution in [0.4, 0.5) is 0 Å². The van der Waals surface area contributed by atoms with E-state index in [1.165, 1.54) is 4.68 Å². The minimum Gasteiger partial charge on any atom is -0.325 e. The highest BCUT2D eigenvalue weighted by Crippen LogP contribution is 2.22. The number of nitrogens with two attached hydrogens (primary N) is 1. The summed E-state index contributed by atoms with van der Waals surface area (Å²) in [5.41, 5.74) is 6.16.